The van der Waals surface area contributed by atoms with Crippen molar-refractivity contribution in [3.05, 3.63) is 53.7 Å². The van der Waals surface area contributed by atoms with Crippen LogP contribution < -0.4 is 10.6 Å². The first kappa shape index (κ1) is 24.5. The lowest BCUT2D eigenvalue weighted by Crippen LogP contribution is -2.50. The van der Waals surface area contributed by atoms with Gasteiger partial charge in [-0.3, -0.25) is 9.78 Å². The molecule has 1 aliphatic heterocycles. The van der Waals surface area contributed by atoms with Gasteiger partial charge in [0.25, 0.3) is 5.91 Å². The van der Waals surface area contributed by atoms with E-state index in [1.807, 2.05) is 38.7 Å². The number of nitrogens with two attached hydrogens (primary N) is 1. The van der Waals surface area contributed by atoms with Crippen LogP contribution in [0.25, 0.3) is 5.65 Å². The Hall–Kier alpha value is -3.58. The average molecular weight is 480 g/mol. The number of hydrogen-bond donors (Lipinski definition) is 1. The molecule has 1 fully saturated rings. The second-order valence-corrected chi connectivity index (χ2v) is 9.54. The predicted octanol–water partition coefficient (Wildman–Crippen LogP) is 3.38. The maximum Gasteiger partial charge on any atom is 0.252 e. The van der Waals surface area contributed by atoms with Crippen LogP contribution in [0.4, 0.5) is 10.1 Å². The Morgan fingerprint density at radius 1 is 1.34 bits per heavy atom. The summed E-state index contributed by atoms with van der Waals surface area (Å²) in [7, 11) is 0. The number of carbonyl (C=O) groups is 1. The van der Waals surface area contributed by atoms with Crippen molar-refractivity contribution >= 4 is 17.2 Å². The maximum atomic E-state index is 17.7. The van der Waals surface area contributed by atoms with Crippen LogP contribution in [-0.4, -0.2) is 50.3 Å². The molecule has 35 heavy (non-hydrogen) atoms. The number of nitriles is 1. The van der Waals surface area contributed by atoms with E-state index >= 15 is 4.39 Å². The number of halogens is 1. The van der Waals surface area contributed by atoms with Crippen LogP contribution in [0.2, 0.25) is 0 Å². The van der Waals surface area contributed by atoms with Crippen molar-refractivity contribution in [2.24, 2.45) is 11.7 Å². The molecular formula is C25H30FN7O2. The van der Waals surface area contributed by atoms with E-state index in [0.717, 1.165) is 0 Å². The van der Waals surface area contributed by atoms with Crippen LogP contribution in [0.3, 0.4) is 0 Å². The van der Waals surface area contributed by atoms with Gasteiger partial charge in [0.15, 0.2) is 11.3 Å². The summed E-state index contributed by atoms with van der Waals surface area (Å²) >= 11 is 0. The summed E-state index contributed by atoms with van der Waals surface area (Å²) in [4.78, 5) is 22.4. The molecule has 0 bridgehead atoms. The highest BCUT2D eigenvalue weighted by Crippen LogP contribution is 2.44. The normalized spacial score (nSPS) is 22.0. The number of aromatic nitrogens is 4. The molecule has 0 spiro atoms. The molecule has 3 atom stereocenters. The third kappa shape index (κ3) is 4.68. The van der Waals surface area contributed by atoms with Gasteiger partial charge in [0.2, 0.25) is 0 Å². The first-order valence-electron chi connectivity index (χ1n) is 11.7. The fourth-order valence-electron chi connectivity index (χ4n) is 5.04. The summed E-state index contributed by atoms with van der Waals surface area (Å²) in [5.74, 6) is -1.03. The number of anilines is 1. The summed E-state index contributed by atoms with van der Waals surface area (Å²) in [5, 5.41) is 13.6. The van der Waals surface area contributed by atoms with Gasteiger partial charge >= 0.3 is 0 Å². The lowest BCUT2D eigenvalue weighted by Gasteiger charge is -2.44. The van der Waals surface area contributed by atoms with Crippen molar-refractivity contribution in [2.45, 2.75) is 64.5 Å². The van der Waals surface area contributed by atoms with Crippen LogP contribution in [0.1, 0.15) is 62.2 Å². The quantitative estimate of drug-likeness (QED) is 0.551. The number of alkyl halides is 1. The molecule has 184 valence electrons. The summed E-state index contributed by atoms with van der Waals surface area (Å²) in [5.41, 5.74) is 5.50. The van der Waals surface area contributed by atoms with E-state index in [1.165, 1.54) is 23.1 Å². The minimum Gasteiger partial charge on any atom is -0.376 e. The molecule has 0 aromatic carbocycles. The van der Waals surface area contributed by atoms with Gasteiger partial charge in [-0.25, -0.2) is 13.9 Å². The molecule has 1 aliphatic rings. The lowest BCUT2D eigenvalue weighted by atomic mass is 9.77. The standard InChI is InChI=1S/C25H30FN7O2/c1-15(2)32(21-5-6-29-12-20(21)24(28)34)14-25(26,19-7-16(3)35-17(4)8-19)22-13-30-23-9-18(10-27)11-31-33(22)23/h5-6,9,11-13,15-17,19H,7-8,14H2,1-4H3,(H2,28,34). The van der Waals surface area contributed by atoms with Crippen LogP contribution >= 0.6 is 0 Å². The largest absolute Gasteiger partial charge is 0.376 e. The summed E-state index contributed by atoms with van der Waals surface area (Å²) in [6.45, 7) is 7.71. The fourth-order valence-corrected chi connectivity index (χ4v) is 5.04. The Morgan fingerprint density at radius 2 is 2.06 bits per heavy atom. The Labute approximate surface area is 203 Å². The van der Waals surface area contributed by atoms with Crippen LogP contribution in [0, 0.1) is 17.2 Å². The highest BCUT2D eigenvalue weighted by atomic mass is 19.1. The van der Waals surface area contributed by atoms with Gasteiger partial charge in [0, 0.05) is 30.4 Å². The van der Waals surface area contributed by atoms with Gasteiger partial charge in [-0.15, -0.1) is 0 Å². The number of rotatable bonds is 7. The number of carbonyl (C=O) groups excluding carboxylic acids is 1. The van der Waals surface area contributed by atoms with E-state index in [9.17, 15) is 10.1 Å². The van der Waals surface area contributed by atoms with Crippen molar-refractivity contribution in [3.63, 3.8) is 0 Å². The monoisotopic (exact) mass is 479 g/mol. The molecule has 0 aliphatic carbocycles. The molecule has 4 heterocycles. The molecule has 3 unspecified atom stereocenters. The molecular weight excluding hydrogens is 449 g/mol. The Balaban J connectivity index is 1.87. The first-order chi connectivity index (χ1) is 16.6. The topological polar surface area (TPSA) is 122 Å². The highest BCUT2D eigenvalue weighted by Gasteiger charge is 2.48. The van der Waals surface area contributed by atoms with E-state index in [0.29, 0.717) is 35.4 Å². The third-order valence-corrected chi connectivity index (χ3v) is 6.66. The number of ether oxygens (including phenoxy) is 1. The van der Waals surface area contributed by atoms with Gasteiger partial charge in [-0.2, -0.15) is 10.4 Å². The van der Waals surface area contributed by atoms with Crippen molar-refractivity contribution in [1.82, 2.24) is 19.6 Å². The molecule has 3 aromatic heterocycles. The van der Waals surface area contributed by atoms with Crippen molar-refractivity contribution in [1.29, 1.82) is 5.26 Å². The van der Waals surface area contributed by atoms with Gasteiger partial charge in [0.05, 0.1) is 48.0 Å². The van der Waals surface area contributed by atoms with Gasteiger partial charge in [-0.05, 0) is 46.6 Å². The number of nitrogens with zero attached hydrogens (tertiary/aromatic N) is 6. The zero-order valence-corrected chi connectivity index (χ0v) is 20.3. The van der Waals surface area contributed by atoms with Gasteiger partial charge in [-0.1, -0.05) is 0 Å². The summed E-state index contributed by atoms with van der Waals surface area (Å²) in [6.07, 6.45) is 6.65. The highest BCUT2D eigenvalue weighted by molar-refractivity contribution is 5.98. The van der Waals surface area contributed by atoms with E-state index in [4.69, 9.17) is 10.5 Å². The molecule has 9 nitrogen and oxygen atoms in total. The smallest absolute Gasteiger partial charge is 0.252 e. The van der Waals surface area contributed by atoms with Crippen molar-refractivity contribution in [2.75, 3.05) is 11.4 Å². The molecule has 0 radical (unpaired) electrons. The van der Waals surface area contributed by atoms with E-state index in [1.54, 1.807) is 18.3 Å². The lowest BCUT2D eigenvalue weighted by molar-refractivity contribution is -0.0917. The zero-order chi connectivity index (χ0) is 25.3. The predicted molar refractivity (Wildman–Crippen MR) is 128 cm³/mol. The summed E-state index contributed by atoms with van der Waals surface area (Å²) < 4.78 is 25.1. The van der Waals surface area contributed by atoms with Crippen LogP contribution in [0.15, 0.2) is 36.9 Å². The molecule has 10 heteroatoms. The number of primary amides is 1. The molecule has 1 saturated heterocycles. The molecule has 4 rings (SSSR count). The van der Waals surface area contributed by atoms with Crippen LogP contribution in [-0.2, 0) is 10.4 Å². The minimum atomic E-state index is -1.91. The Morgan fingerprint density at radius 3 is 2.69 bits per heavy atom. The molecule has 2 N–H and O–H groups in total. The summed E-state index contributed by atoms with van der Waals surface area (Å²) in [6, 6.07) is 5.15. The molecule has 1 amide bonds. The molecule has 0 saturated carbocycles. The van der Waals surface area contributed by atoms with Crippen molar-refractivity contribution in [3.8, 4) is 6.07 Å². The van der Waals surface area contributed by atoms with Gasteiger partial charge in [0.1, 0.15) is 11.8 Å². The first-order valence-corrected chi connectivity index (χ1v) is 11.7. The average Bonchev–Trinajstić information content (AvgIpc) is 3.25. The third-order valence-electron chi connectivity index (χ3n) is 6.66. The van der Waals surface area contributed by atoms with Crippen LogP contribution in [0.5, 0.6) is 0 Å². The van der Waals surface area contributed by atoms with Crippen molar-refractivity contribution < 1.29 is 13.9 Å². The Bertz CT molecular complexity index is 1260. The van der Waals surface area contributed by atoms with E-state index in [-0.39, 0.29) is 30.4 Å². The number of hydrogen-bond acceptors (Lipinski definition) is 7. The minimum absolute atomic E-state index is 0.0610. The number of pyridine rings is 1. The van der Waals surface area contributed by atoms with E-state index < -0.39 is 17.5 Å². The SMILES string of the molecule is CC1CC(C(F)(CN(c2ccncc2C(N)=O)C(C)C)c2cnc3cc(C#N)cnn23)CC(C)O1. The fraction of sp³-hybridized carbons (Fsp3) is 0.480. The zero-order valence-electron chi connectivity index (χ0n) is 20.3. The number of fused-ring (bicyclic) bond motifs is 1. The number of imidazole rings is 1. The second kappa shape index (κ2) is 9.58. The van der Waals surface area contributed by atoms with Gasteiger partial charge < -0.3 is 15.4 Å². The maximum absolute atomic E-state index is 17.7. The second-order valence-electron chi connectivity index (χ2n) is 9.54. The van der Waals surface area contributed by atoms with E-state index in [2.05, 4.69) is 15.1 Å². The Kier molecular flexibility index (Phi) is 6.72. The molecule has 3 aromatic rings. The number of amides is 1.